The zero-order valence-electron chi connectivity index (χ0n) is 16.5. The average molecular weight is 423 g/mol. The Morgan fingerprint density at radius 1 is 1.17 bits per heavy atom. The number of halogens is 1. The van der Waals surface area contributed by atoms with E-state index >= 15 is 0 Å². The number of hydrogen-bond donors (Lipinski definition) is 1. The minimum atomic E-state index is -0.190. The lowest BCUT2D eigenvalue weighted by Gasteiger charge is -2.36. The van der Waals surface area contributed by atoms with Gasteiger partial charge in [-0.2, -0.15) is 0 Å². The molecule has 1 saturated heterocycles. The van der Waals surface area contributed by atoms with Crippen LogP contribution in [0.5, 0.6) is 5.75 Å². The van der Waals surface area contributed by atoms with Crippen molar-refractivity contribution >= 4 is 23.5 Å². The number of carbonyl (C=O) groups is 1. The molecule has 6 nitrogen and oxygen atoms in total. The van der Waals surface area contributed by atoms with Gasteiger partial charge in [0, 0.05) is 23.3 Å². The Hall–Kier alpha value is -3.12. The molecule has 0 unspecified atom stereocenters. The zero-order chi connectivity index (χ0) is 20.9. The van der Waals surface area contributed by atoms with Gasteiger partial charge in [0.1, 0.15) is 5.75 Å². The first-order valence-corrected chi connectivity index (χ1v) is 10.4. The van der Waals surface area contributed by atoms with E-state index in [4.69, 9.17) is 22.1 Å². The summed E-state index contributed by atoms with van der Waals surface area (Å²) < 4.78 is 5.69. The number of para-hydroxylation sites is 1. The minimum absolute atomic E-state index is 0.0203. The van der Waals surface area contributed by atoms with Crippen LogP contribution in [0.25, 0.3) is 11.1 Å². The first kappa shape index (κ1) is 20.2. The van der Waals surface area contributed by atoms with Crippen molar-refractivity contribution in [3.63, 3.8) is 0 Å². The van der Waals surface area contributed by atoms with Crippen LogP contribution < -0.4 is 10.5 Å². The summed E-state index contributed by atoms with van der Waals surface area (Å²) in [6, 6.07) is 16.7. The molecule has 154 valence electrons. The lowest BCUT2D eigenvalue weighted by Crippen LogP contribution is -2.41. The van der Waals surface area contributed by atoms with Gasteiger partial charge in [-0.25, -0.2) is 9.97 Å². The first-order valence-electron chi connectivity index (χ1n) is 9.97. The molecule has 1 aliphatic heterocycles. The van der Waals surface area contributed by atoms with Crippen LogP contribution >= 0.6 is 11.6 Å². The van der Waals surface area contributed by atoms with E-state index in [1.54, 1.807) is 6.20 Å². The van der Waals surface area contributed by atoms with Gasteiger partial charge in [-0.1, -0.05) is 41.9 Å². The fourth-order valence-electron chi connectivity index (χ4n) is 3.80. The van der Waals surface area contributed by atoms with Crippen LogP contribution in [-0.4, -0.2) is 33.9 Å². The van der Waals surface area contributed by atoms with Crippen LogP contribution in [0.15, 0.2) is 60.8 Å². The third-order valence-corrected chi connectivity index (χ3v) is 5.45. The predicted molar refractivity (Wildman–Crippen MR) is 117 cm³/mol. The summed E-state index contributed by atoms with van der Waals surface area (Å²) in [7, 11) is 0. The fraction of sp³-hybridized carbons (Fsp3) is 0.261. The Morgan fingerprint density at radius 2 is 2.00 bits per heavy atom. The molecule has 7 heteroatoms. The number of nitrogens with two attached hydrogens (primary N) is 1. The molecule has 1 fully saturated rings. The lowest BCUT2D eigenvalue weighted by molar-refractivity contribution is -0.137. The number of ether oxygens (including phenoxy) is 1. The van der Waals surface area contributed by atoms with E-state index in [-0.39, 0.29) is 24.5 Å². The monoisotopic (exact) mass is 422 g/mol. The highest BCUT2D eigenvalue weighted by atomic mass is 35.5. The number of likely N-dealkylation sites (tertiary alicyclic amines) is 1. The predicted octanol–water partition coefficient (Wildman–Crippen LogP) is 4.51. The molecule has 1 aliphatic rings. The van der Waals surface area contributed by atoms with Crippen LogP contribution in [0.1, 0.15) is 31.0 Å². The van der Waals surface area contributed by atoms with Gasteiger partial charge < -0.3 is 15.4 Å². The van der Waals surface area contributed by atoms with Crippen LogP contribution in [0.2, 0.25) is 5.02 Å². The van der Waals surface area contributed by atoms with Gasteiger partial charge in [-0.05, 0) is 49.1 Å². The number of piperidine rings is 1. The van der Waals surface area contributed by atoms with Crippen molar-refractivity contribution in [1.29, 1.82) is 0 Å². The van der Waals surface area contributed by atoms with E-state index in [1.807, 2.05) is 59.5 Å². The molecule has 0 spiro atoms. The van der Waals surface area contributed by atoms with Gasteiger partial charge in [0.2, 0.25) is 5.95 Å². The largest absolute Gasteiger partial charge is 0.484 e. The number of benzene rings is 2. The van der Waals surface area contributed by atoms with Crippen molar-refractivity contribution in [2.24, 2.45) is 0 Å². The van der Waals surface area contributed by atoms with Gasteiger partial charge in [-0.15, -0.1) is 0 Å². The standard InChI is InChI=1S/C23H23ClN4O2/c24-17-8-6-7-16(13-17)19-14-26-23(25)27-22(19)20-11-4-5-12-28(20)21(29)15-30-18-9-2-1-3-10-18/h1-3,6-10,13-14,20H,4-5,11-12,15H2,(H2,25,26,27)/t20-/m0/s1. The maximum Gasteiger partial charge on any atom is 0.261 e. The highest BCUT2D eigenvalue weighted by Gasteiger charge is 2.31. The Bertz CT molecular complexity index is 1030. The second kappa shape index (κ2) is 9.13. The van der Waals surface area contributed by atoms with Crippen LogP contribution in [0, 0.1) is 0 Å². The number of rotatable bonds is 5. The van der Waals surface area contributed by atoms with Crippen molar-refractivity contribution in [2.75, 3.05) is 18.9 Å². The number of nitrogens with zero attached hydrogens (tertiary/aromatic N) is 3. The molecule has 0 bridgehead atoms. The van der Waals surface area contributed by atoms with Crippen LogP contribution in [0.3, 0.4) is 0 Å². The lowest BCUT2D eigenvalue weighted by atomic mass is 9.94. The molecule has 0 radical (unpaired) electrons. The normalized spacial score (nSPS) is 16.3. The average Bonchev–Trinajstić information content (AvgIpc) is 2.78. The third-order valence-electron chi connectivity index (χ3n) is 5.22. The Kier molecular flexibility index (Phi) is 6.14. The maximum atomic E-state index is 13.0. The molecule has 2 heterocycles. The van der Waals surface area contributed by atoms with Crippen molar-refractivity contribution < 1.29 is 9.53 Å². The molecule has 1 aromatic heterocycles. The summed E-state index contributed by atoms with van der Waals surface area (Å²) in [6.07, 6.45) is 4.47. The highest BCUT2D eigenvalue weighted by molar-refractivity contribution is 6.30. The van der Waals surface area contributed by atoms with Crippen LogP contribution in [0.4, 0.5) is 5.95 Å². The van der Waals surface area contributed by atoms with Gasteiger partial charge in [0.15, 0.2) is 6.61 Å². The molecular formula is C23H23ClN4O2. The van der Waals surface area contributed by atoms with Crippen molar-refractivity contribution in [3.8, 4) is 16.9 Å². The number of hydrogen-bond acceptors (Lipinski definition) is 5. The number of amides is 1. The Labute approximate surface area is 180 Å². The van der Waals surface area contributed by atoms with E-state index in [9.17, 15) is 4.79 Å². The summed E-state index contributed by atoms with van der Waals surface area (Å²) in [5, 5.41) is 0.628. The van der Waals surface area contributed by atoms with Crippen molar-refractivity contribution in [1.82, 2.24) is 14.9 Å². The first-order chi connectivity index (χ1) is 14.6. The topological polar surface area (TPSA) is 81.3 Å². The van der Waals surface area contributed by atoms with Crippen molar-refractivity contribution in [2.45, 2.75) is 25.3 Å². The SMILES string of the molecule is Nc1ncc(-c2cccc(Cl)c2)c([C@@H]2CCCCN2C(=O)COc2ccccc2)n1. The molecule has 3 aromatic rings. The summed E-state index contributed by atoms with van der Waals surface area (Å²) in [5.74, 6) is 0.789. The second-order valence-electron chi connectivity index (χ2n) is 7.24. The molecule has 2 aromatic carbocycles. The van der Waals surface area contributed by atoms with Gasteiger partial charge in [0.25, 0.3) is 5.91 Å². The van der Waals surface area contributed by atoms with E-state index < -0.39 is 0 Å². The molecule has 1 atom stereocenters. The number of aromatic nitrogens is 2. The smallest absolute Gasteiger partial charge is 0.261 e. The Morgan fingerprint density at radius 3 is 2.80 bits per heavy atom. The summed E-state index contributed by atoms with van der Waals surface area (Å²) >= 11 is 6.20. The fourth-order valence-corrected chi connectivity index (χ4v) is 3.99. The molecule has 0 aliphatic carbocycles. The summed E-state index contributed by atoms with van der Waals surface area (Å²) in [4.78, 5) is 23.6. The number of anilines is 1. The van der Waals surface area contributed by atoms with Crippen molar-refractivity contribution in [3.05, 3.63) is 71.5 Å². The summed E-state index contributed by atoms with van der Waals surface area (Å²) in [5.41, 5.74) is 8.40. The number of carbonyl (C=O) groups excluding carboxylic acids is 1. The van der Waals surface area contributed by atoms with E-state index in [2.05, 4.69) is 9.97 Å². The number of nitrogen functional groups attached to an aromatic ring is 1. The van der Waals surface area contributed by atoms with Gasteiger partial charge >= 0.3 is 0 Å². The minimum Gasteiger partial charge on any atom is -0.484 e. The van der Waals surface area contributed by atoms with E-state index in [0.717, 1.165) is 36.1 Å². The van der Waals surface area contributed by atoms with E-state index in [1.165, 1.54) is 0 Å². The second-order valence-corrected chi connectivity index (χ2v) is 7.67. The molecule has 4 rings (SSSR count). The quantitative estimate of drug-likeness (QED) is 0.654. The van der Waals surface area contributed by atoms with Gasteiger partial charge in [-0.3, -0.25) is 4.79 Å². The summed E-state index contributed by atoms with van der Waals surface area (Å²) in [6.45, 7) is 0.633. The Balaban J connectivity index is 1.62. The van der Waals surface area contributed by atoms with E-state index in [0.29, 0.717) is 17.3 Å². The van der Waals surface area contributed by atoms with Crippen LogP contribution in [-0.2, 0) is 4.79 Å². The molecule has 1 amide bonds. The third kappa shape index (κ3) is 4.54. The maximum absolute atomic E-state index is 13.0. The zero-order valence-corrected chi connectivity index (χ0v) is 17.3. The molecule has 2 N–H and O–H groups in total. The molecular weight excluding hydrogens is 400 g/mol. The molecule has 30 heavy (non-hydrogen) atoms. The molecule has 0 saturated carbocycles. The van der Waals surface area contributed by atoms with Gasteiger partial charge in [0.05, 0.1) is 11.7 Å². The highest BCUT2D eigenvalue weighted by Crippen LogP contribution is 2.36.